The molecule has 39 heavy (non-hydrogen) atoms. The SMILES string of the molecule is [C-]#[N+]c1ccccc1-c1ccc(CSc2nc3c(=O)[nH]c(N)nc3n2[C@@H]2OC3COP(=O)([O-])O[C@H]3C2O)cc1.[H+]. The summed E-state index contributed by atoms with van der Waals surface area (Å²) in [7, 11) is -4.58. The lowest BCUT2D eigenvalue weighted by Gasteiger charge is -2.34. The number of ether oxygens (including phenoxy) is 1. The fraction of sp³-hybridized carbons (Fsp3) is 0.250. The van der Waals surface area contributed by atoms with Crippen LogP contribution in [-0.2, 0) is 24.1 Å². The van der Waals surface area contributed by atoms with Crippen LogP contribution < -0.4 is 16.2 Å². The van der Waals surface area contributed by atoms with Gasteiger partial charge in [0.05, 0.1) is 13.2 Å². The van der Waals surface area contributed by atoms with Gasteiger partial charge < -0.3 is 29.5 Å². The van der Waals surface area contributed by atoms with Crippen molar-refractivity contribution in [2.75, 3.05) is 12.3 Å². The quantitative estimate of drug-likeness (QED) is 0.183. The number of imidazole rings is 1. The number of aliphatic hydroxyl groups excluding tert-OH is 1. The molecule has 2 aliphatic heterocycles. The van der Waals surface area contributed by atoms with Crippen molar-refractivity contribution in [3.63, 3.8) is 0 Å². The summed E-state index contributed by atoms with van der Waals surface area (Å²) in [5.74, 6) is 0.265. The van der Waals surface area contributed by atoms with Gasteiger partial charge in [-0.2, -0.15) is 4.98 Å². The molecule has 0 amide bonds. The fourth-order valence-corrected chi connectivity index (χ4v) is 6.52. The second-order valence-corrected chi connectivity index (χ2v) is 11.2. The van der Waals surface area contributed by atoms with E-state index in [1.54, 1.807) is 6.07 Å². The Labute approximate surface area is 226 Å². The van der Waals surface area contributed by atoms with Gasteiger partial charge in [-0.3, -0.25) is 18.9 Å². The summed E-state index contributed by atoms with van der Waals surface area (Å²) in [5, 5.41) is 11.3. The molecule has 15 heteroatoms. The van der Waals surface area contributed by atoms with Crippen molar-refractivity contribution in [1.82, 2.24) is 19.5 Å². The van der Waals surface area contributed by atoms with Gasteiger partial charge in [0, 0.05) is 5.75 Å². The van der Waals surface area contributed by atoms with Gasteiger partial charge in [-0.15, -0.1) is 0 Å². The number of anilines is 1. The topological polar surface area (TPSA) is 182 Å². The second kappa shape index (κ2) is 9.89. The largest absolute Gasteiger partial charge is 1.00 e. The molecule has 0 saturated carbocycles. The maximum absolute atomic E-state index is 12.6. The number of nitrogens with two attached hydrogens (primary N) is 1. The van der Waals surface area contributed by atoms with E-state index in [0.29, 0.717) is 16.6 Å². The van der Waals surface area contributed by atoms with Crippen molar-refractivity contribution < 1.29 is 29.8 Å². The molecule has 2 aliphatic rings. The average Bonchev–Trinajstić information content (AvgIpc) is 3.44. The maximum Gasteiger partial charge on any atom is 1.00 e. The lowest BCUT2D eigenvalue weighted by molar-refractivity contribution is -0.245. The minimum atomic E-state index is -4.58. The van der Waals surface area contributed by atoms with Crippen LogP contribution in [0.2, 0.25) is 0 Å². The lowest BCUT2D eigenvalue weighted by Crippen LogP contribution is -2.41. The van der Waals surface area contributed by atoms with Crippen LogP contribution in [-0.4, -0.2) is 49.5 Å². The predicted octanol–water partition coefficient (Wildman–Crippen LogP) is 2.47. The normalized spacial score (nSPS) is 26.4. The molecule has 2 aromatic carbocycles. The third-order valence-corrected chi connectivity index (χ3v) is 8.40. The van der Waals surface area contributed by atoms with Crippen LogP contribution in [0.4, 0.5) is 11.6 Å². The van der Waals surface area contributed by atoms with Crippen LogP contribution in [0.1, 0.15) is 13.2 Å². The van der Waals surface area contributed by atoms with Crippen molar-refractivity contribution in [3.05, 3.63) is 75.9 Å². The van der Waals surface area contributed by atoms with Crippen LogP contribution in [0.25, 0.3) is 27.1 Å². The standard InChI is InChI=1S/C24H21N6O7PS/c1-26-15-5-3-2-4-14(15)13-8-6-12(7-9-13)11-39-24-27-17-20(28-23(25)29-21(17)32)30(24)22-18(31)19-16(36-22)10-35-38(33,34)37-19/h2-9,16,18-19,22,31H,10-11H2,(H,33,34)(H3,25,28,29,32)/t16?,18?,19-,22-/m1/s1. The zero-order valence-corrected chi connectivity index (χ0v) is 21.7. The molecule has 4 heterocycles. The maximum atomic E-state index is 12.6. The number of hydrogen-bond donors (Lipinski definition) is 3. The smallest absolute Gasteiger partial charge is 0.756 e. The first kappa shape index (κ1) is 25.7. The Bertz CT molecular complexity index is 1730. The van der Waals surface area contributed by atoms with Gasteiger partial charge in [0.25, 0.3) is 13.4 Å². The summed E-state index contributed by atoms with van der Waals surface area (Å²) >= 11 is 1.26. The van der Waals surface area contributed by atoms with Crippen molar-refractivity contribution >= 4 is 42.4 Å². The number of rotatable bonds is 5. The van der Waals surface area contributed by atoms with E-state index in [4.69, 9.17) is 26.1 Å². The Kier molecular flexibility index (Phi) is 6.52. The highest BCUT2D eigenvalue weighted by molar-refractivity contribution is 7.98. The molecule has 3 unspecified atom stereocenters. The van der Waals surface area contributed by atoms with Gasteiger partial charge >= 0.3 is 1.43 Å². The van der Waals surface area contributed by atoms with E-state index in [2.05, 4.69) is 19.8 Å². The molecule has 5 atom stereocenters. The Morgan fingerprint density at radius 1 is 1.28 bits per heavy atom. The van der Waals surface area contributed by atoms with Gasteiger partial charge in [0.15, 0.2) is 28.2 Å². The number of H-pyrrole nitrogens is 1. The first-order valence-corrected chi connectivity index (χ1v) is 14.1. The Morgan fingerprint density at radius 2 is 2.05 bits per heavy atom. The molecule has 0 spiro atoms. The molecule has 2 saturated heterocycles. The van der Waals surface area contributed by atoms with E-state index in [1.807, 2.05) is 42.5 Å². The fourth-order valence-electron chi connectivity index (χ4n) is 4.60. The summed E-state index contributed by atoms with van der Waals surface area (Å²) in [5.41, 5.74) is 8.47. The van der Waals surface area contributed by atoms with E-state index in [-0.39, 0.29) is 25.1 Å². The molecule has 200 valence electrons. The highest BCUT2D eigenvalue weighted by Gasteiger charge is 2.51. The molecular weight excluding hydrogens is 547 g/mol. The number of nitrogens with one attached hydrogen (secondary N) is 1. The van der Waals surface area contributed by atoms with Gasteiger partial charge in [0.1, 0.15) is 18.3 Å². The summed E-state index contributed by atoms with van der Waals surface area (Å²) in [4.78, 5) is 39.0. The number of fused-ring (bicyclic) bond motifs is 2. The Balaban J connectivity index is 0.00000323. The summed E-state index contributed by atoms with van der Waals surface area (Å²) < 4.78 is 28.8. The van der Waals surface area contributed by atoms with Crippen LogP contribution in [0.5, 0.6) is 0 Å². The van der Waals surface area contributed by atoms with E-state index in [1.165, 1.54) is 16.3 Å². The molecule has 4 aromatic rings. The van der Waals surface area contributed by atoms with Crippen LogP contribution in [0.3, 0.4) is 0 Å². The van der Waals surface area contributed by atoms with Gasteiger partial charge in [-0.1, -0.05) is 60.3 Å². The molecule has 13 nitrogen and oxygen atoms in total. The number of phosphoric ester groups is 1. The monoisotopic (exact) mass is 568 g/mol. The number of hydrogen-bond acceptors (Lipinski definition) is 11. The number of aliphatic hydroxyl groups is 1. The summed E-state index contributed by atoms with van der Waals surface area (Å²) in [6, 6.07) is 15.0. The van der Waals surface area contributed by atoms with Crippen LogP contribution >= 0.6 is 19.6 Å². The molecule has 2 fully saturated rings. The third kappa shape index (κ3) is 4.75. The van der Waals surface area contributed by atoms with Crippen molar-refractivity contribution in [2.24, 2.45) is 0 Å². The molecule has 0 radical (unpaired) electrons. The molecule has 6 rings (SSSR count). The Hall–Kier alpha value is -3.54. The predicted molar refractivity (Wildman–Crippen MR) is 140 cm³/mol. The zero-order valence-electron chi connectivity index (χ0n) is 21.0. The molecule has 0 aliphatic carbocycles. The molecule has 2 aromatic heterocycles. The summed E-state index contributed by atoms with van der Waals surface area (Å²) in [6.07, 6.45) is -4.67. The lowest BCUT2D eigenvalue weighted by atomic mass is 10.0. The van der Waals surface area contributed by atoms with E-state index in [0.717, 1.165) is 16.7 Å². The third-order valence-electron chi connectivity index (χ3n) is 6.41. The zero-order chi connectivity index (χ0) is 27.3. The number of aromatic nitrogens is 4. The number of nitrogen functional groups attached to an aromatic ring is 1. The number of nitrogens with zero attached hydrogens (tertiary/aromatic N) is 4. The number of benzene rings is 2. The second-order valence-electron chi connectivity index (χ2n) is 8.87. The molecule has 4 N–H and O–H groups in total. The summed E-state index contributed by atoms with van der Waals surface area (Å²) in [6.45, 7) is 7.07. The highest BCUT2D eigenvalue weighted by atomic mass is 32.2. The van der Waals surface area contributed by atoms with Gasteiger partial charge in [0.2, 0.25) is 5.95 Å². The Morgan fingerprint density at radius 3 is 2.82 bits per heavy atom. The number of aromatic amines is 1. The van der Waals surface area contributed by atoms with Gasteiger partial charge in [-0.05, 0) is 16.7 Å². The van der Waals surface area contributed by atoms with Gasteiger partial charge in [-0.25, -0.2) is 9.83 Å². The van der Waals surface area contributed by atoms with E-state index >= 15 is 0 Å². The number of phosphoric acid groups is 1. The van der Waals surface area contributed by atoms with Crippen molar-refractivity contribution in [3.8, 4) is 11.1 Å². The number of thioether (sulfide) groups is 1. The van der Waals surface area contributed by atoms with Crippen molar-refractivity contribution in [2.45, 2.75) is 35.4 Å². The average molecular weight is 569 g/mol. The number of para-hydroxylation sites is 1. The minimum absolute atomic E-state index is 0. The minimum Gasteiger partial charge on any atom is -0.756 e. The van der Waals surface area contributed by atoms with E-state index in [9.17, 15) is 19.4 Å². The van der Waals surface area contributed by atoms with E-state index < -0.39 is 37.9 Å². The van der Waals surface area contributed by atoms with Crippen molar-refractivity contribution in [1.29, 1.82) is 0 Å². The first-order chi connectivity index (χ1) is 18.7. The highest BCUT2D eigenvalue weighted by Crippen LogP contribution is 2.50. The molecule has 0 bridgehead atoms. The molecular formula is C24H21N6O7PS. The first-order valence-electron chi connectivity index (χ1n) is 11.7. The van der Waals surface area contributed by atoms with Crippen LogP contribution in [0.15, 0.2) is 58.5 Å². The van der Waals surface area contributed by atoms with Crippen LogP contribution in [0, 0.1) is 6.57 Å².